The van der Waals surface area contributed by atoms with Crippen molar-refractivity contribution >= 4 is 16.5 Å². The maximum Gasteiger partial charge on any atom is 0.298 e. The predicted molar refractivity (Wildman–Crippen MR) is 90.9 cm³/mol. The molecule has 0 aromatic heterocycles. The second-order valence-electron chi connectivity index (χ2n) is 6.14. The highest BCUT2D eigenvalue weighted by atomic mass is 28.2. The van der Waals surface area contributed by atoms with E-state index in [4.69, 9.17) is 4.43 Å². The molecule has 0 spiro atoms. The van der Waals surface area contributed by atoms with E-state index in [1.54, 1.807) is 0 Å². The Kier molecular flexibility index (Phi) is 12.2. The molecule has 0 amide bonds. The van der Waals surface area contributed by atoms with Gasteiger partial charge in [0.2, 0.25) is 10.5 Å². The van der Waals surface area contributed by atoms with Crippen molar-refractivity contribution in [2.45, 2.75) is 97.8 Å². The number of hydrogen-bond acceptors (Lipinski definition) is 2. The molecule has 3 heteroatoms. The van der Waals surface area contributed by atoms with E-state index in [-0.39, 0.29) is 11.4 Å². The molecule has 0 aliphatic heterocycles. The van der Waals surface area contributed by atoms with Crippen LogP contribution in [0.1, 0.15) is 97.8 Å². The van der Waals surface area contributed by atoms with E-state index in [2.05, 4.69) is 20.8 Å². The third kappa shape index (κ3) is 7.46. The van der Waals surface area contributed by atoms with Crippen LogP contribution in [0.2, 0.25) is 0 Å². The van der Waals surface area contributed by atoms with Crippen molar-refractivity contribution in [2.24, 2.45) is 5.41 Å². The third-order valence-corrected chi connectivity index (χ3v) is 4.77. The van der Waals surface area contributed by atoms with Crippen LogP contribution in [-0.2, 0) is 9.22 Å². The van der Waals surface area contributed by atoms with Gasteiger partial charge in [-0.2, -0.15) is 0 Å². The largest absolute Gasteiger partial charge is 0.528 e. The zero-order valence-electron chi connectivity index (χ0n) is 14.3. The van der Waals surface area contributed by atoms with Crippen molar-refractivity contribution in [2.75, 3.05) is 0 Å². The summed E-state index contributed by atoms with van der Waals surface area (Å²) in [6.07, 6.45) is 14.0. The van der Waals surface area contributed by atoms with Crippen LogP contribution in [0, 0.1) is 5.41 Å². The van der Waals surface area contributed by atoms with Crippen molar-refractivity contribution in [3.05, 3.63) is 0 Å². The lowest BCUT2D eigenvalue weighted by Crippen LogP contribution is -2.33. The molecule has 0 radical (unpaired) electrons. The minimum absolute atomic E-state index is 0.104. The lowest BCUT2D eigenvalue weighted by atomic mass is 9.74. The summed E-state index contributed by atoms with van der Waals surface area (Å²) in [5, 5.41) is 0. The van der Waals surface area contributed by atoms with Crippen molar-refractivity contribution in [3.63, 3.8) is 0 Å². The van der Waals surface area contributed by atoms with Gasteiger partial charge in [-0.1, -0.05) is 78.6 Å². The summed E-state index contributed by atoms with van der Waals surface area (Å²) < 4.78 is 5.31. The van der Waals surface area contributed by atoms with E-state index in [0.29, 0.717) is 10.5 Å². The highest BCUT2D eigenvalue weighted by Gasteiger charge is 2.37. The van der Waals surface area contributed by atoms with Gasteiger partial charge in [-0.3, -0.25) is 4.79 Å². The molecule has 0 saturated heterocycles. The molecule has 0 heterocycles. The standard InChI is InChI=1S/C17H36O2Si/c1-4-7-10-13-17(16(18)19-20,14-11-8-5-2)15-12-9-6-3/h4-15H2,1-3,20H3. The number of carbonyl (C=O) groups excluding carboxylic acids is 1. The fourth-order valence-corrected chi connectivity index (χ4v) is 3.47. The lowest BCUT2D eigenvalue weighted by Gasteiger charge is -2.32. The molecule has 120 valence electrons. The molecule has 20 heavy (non-hydrogen) atoms. The zero-order chi connectivity index (χ0) is 15.3. The molecular weight excluding hydrogens is 264 g/mol. The van der Waals surface area contributed by atoms with Crippen molar-refractivity contribution in [1.82, 2.24) is 0 Å². The summed E-state index contributed by atoms with van der Waals surface area (Å²) in [6.45, 7) is 6.67. The van der Waals surface area contributed by atoms with Crippen LogP contribution in [0.15, 0.2) is 0 Å². The third-order valence-electron chi connectivity index (χ3n) is 4.40. The molecule has 0 aromatic rings. The van der Waals surface area contributed by atoms with Gasteiger partial charge in [-0.15, -0.1) is 0 Å². The van der Waals surface area contributed by atoms with E-state index in [0.717, 1.165) is 19.3 Å². The van der Waals surface area contributed by atoms with E-state index in [9.17, 15) is 4.79 Å². The number of unbranched alkanes of at least 4 members (excludes halogenated alkanes) is 6. The number of hydrogen-bond donors (Lipinski definition) is 0. The summed E-state index contributed by atoms with van der Waals surface area (Å²) in [7, 11) is 0.533. The summed E-state index contributed by atoms with van der Waals surface area (Å²) >= 11 is 0. The Morgan fingerprint density at radius 2 is 1.15 bits per heavy atom. The Morgan fingerprint density at radius 1 is 0.800 bits per heavy atom. The van der Waals surface area contributed by atoms with E-state index < -0.39 is 0 Å². The minimum atomic E-state index is -0.165. The Hall–Kier alpha value is -0.313. The molecule has 0 saturated carbocycles. The van der Waals surface area contributed by atoms with E-state index >= 15 is 0 Å². The molecule has 0 unspecified atom stereocenters. The van der Waals surface area contributed by atoms with Crippen molar-refractivity contribution in [1.29, 1.82) is 0 Å². The first-order valence-electron chi connectivity index (χ1n) is 8.75. The second-order valence-corrected chi connectivity index (χ2v) is 6.55. The van der Waals surface area contributed by atoms with Gasteiger partial charge in [0, 0.05) is 0 Å². The molecular formula is C17H36O2Si. The van der Waals surface area contributed by atoms with E-state index in [1.807, 2.05) is 0 Å². The molecule has 2 nitrogen and oxygen atoms in total. The Bertz CT molecular complexity index is 215. The van der Waals surface area contributed by atoms with Gasteiger partial charge in [0.15, 0.2) is 0 Å². The van der Waals surface area contributed by atoms with Gasteiger partial charge in [-0.05, 0) is 19.3 Å². The molecule has 0 atom stereocenters. The van der Waals surface area contributed by atoms with Crippen LogP contribution in [0.3, 0.4) is 0 Å². The Labute approximate surface area is 129 Å². The first kappa shape index (κ1) is 19.7. The van der Waals surface area contributed by atoms with Gasteiger partial charge in [0.25, 0.3) is 5.97 Å². The van der Waals surface area contributed by atoms with Crippen LogP contribution in [0.25, 0.3) is 0 Å². The fraction of sp³-hybridized carbons (Fsp3) is 0.941. The molecule has 0 rings (SSSR count). The van der Waals surface area contributed by atoms with Crippen LogP contribution in [0.4, 0.5) is 0 Å². The van der Waals surface area contributed by atoms with E-state index in [1.165, 1.54) is 57.8 Å². The second kappa shape index (κ2) is 12.4. The highest BCUT2D eigenvalue weighted by molar-refractivity contribution is 6.06. The summed E-state index contributed by atoms with van der Waals surface area (Å²) in [5.41, 5.74) is -0.165. The molecule has 0 bridgehead atoms. The summed E-state index contributed by atoms with van der Waals surface area (Å²) in [6, 6.07) is 0. The zero-order valence-corrected chi connectivity index (χ0v) is 16.3. The summed E-state index contributed by atoms with van der Waals surface area (Å²) in [5.74, 6) is 0.104. The van der Waals surface area contributed by atoms with Gasteiger partial charge < -0.3 is 4.43 Å². The van der Waals surface area contributed by atoms with Gasteiger partial charge in [0.1, 0.15) is 0 Å². The van der Waals surface area contributed by atoms with Gasteiger partial charge in [-0.25, -0.2) is 0 Å². The van der Waals surface area contributed by atoms with Crippen molar-refractivity contribution in [3.8, 4) is 0 Å². The topological polar surface area (TPSA) is 26.3 Å². The molecule has 0 N–H and O–H groups in total. The molecule has 0 fully saturated rings. The lowest BCUT2D eigenvalue weighted by molar-refractivity contribution is -0.147. The molecule has 0 aromatic carbocycles. The smallest absolute Gasteiger partial charge is 0.298 e. The first-order valence-corrected chi connectivity index (χ1v) is 9.56. The van der Waals surface area contributed by atoms with Crippen molar-refractivity contribution < 1.29 is 9.22 Å². The quantitative estimate of drug-likeness (QED) is 0.369. The Balaban J connectivity index is 4.71. The normalized spacial score (nSPS) is 11.8. The summed E-state index contributed by atoms with van der Waals surface area (Å²) in [4.78, 5) is 12.4. The number of rotatable bonds is 13. The van der Waals surface area contributed by atoms with Crippen LogP contribution < -0.4 is 0 Å². The Morgan fingerprint density at radius 3 is 1.40 bits per heavy atom. The number of carbonyl (C=O) groups is 1. The van der Waals surface area contributed by atoms with Gasteiger partial charge >= 0.3 is 0 Å². The van der Waals surface area contributed by atoms with Crippen LogP contribution in [0.5, 0.6) is 0 Å². The maximum absolute atomic E-state index is 12.4. The van der Waals surface area contributed by atoms with Crippen LogP contribution in [-0.4, -0.2) is 16.5 Å². The highest BCUT2D eigenvalue weighted by Crippen LogP contribution is 2.38. The SMILES string of the molecule is CCCCCC(CCCCC)(CCCCC)C(=O)O[SiH3]. The first-order chi connectivity index (χ1) is 9.66. The monoisotopic (exact) mass is 300 g/mol. The molecule has 0 aliphatic carbocycles. The van der Waals surface area contributed by atoms with Gasteiger partial charge in [0.05, 0.1) is 5.41 Å². The minimum Gasteiger partial charge on any atom is -0.528 e. The average molecular weight is 301 g/mol. The fourth-order valence-electron chi connectivity index (χ4n) is 3.04. The van der Waals surface area contributed by atoms with Crippen LogP contribution >= 0.6 is 0 Å². The predicted octanol–water partition coefficient (Wildman–Crippen LogP) is 4.54. The average Bonchev–Trinajstić information content (AvgIpc) is 2.46. The molecule has 0 aliphatic rings. The maximum atomic E-state index is 12.4.